The fourth-order valence-corrected chi connectivity index (χ4v) is 2.71. The predicted molar refractivity (Wildman–Crippen MR) is 84.9 cm³/mol. The SMILES string of the molecule is COc1ccc2nccc(NC(=O)C3(C#N)CCNCC3)c2n1. The highest BCUT2D eigenvalue weighted by Crippen LogP contribution is 2.31. The van der Waals surface area contributed by atoms with Crippen LogP contribution in [-0.2, 0) is 4.79 Å². The number of pyridine rings is 2. The zero-order chi connectivity index (χ0) is 16.3. The molecule has 118 valence electrons. The standard InChI is InChI=1S/C16H17N5O2/c1-23-13-3-2-11-14(21-13)12(4-7-19-11)20-15(22)16(10-17)5-8-18-9-6-16/h2-4,7,18H,5-6,8-9H2,1H3,(H,19,20,22). The Balaban J connectivity index is 1.94. The number of carbonyl (C=O) groups excluding carboxylic acids is 1. The van der Waals surface area contributed by atoms with E-state index >= 15 is 0 Å². The number of ether oxygens (including phenoxy) is 1. The van der Waals surface area contributed by atoms with Gasteiger partial charge in [0.25, 0.3) is 0 Å². The fourth-order valence-electron chi connectivity index (χ4n) is 2.71. The Morgan fingerprint density at radius 2 is 2.17 bits per heavy atom. The van der Waals surface area contributed by atoms with Crippen molar-refractivity contribution >= 4 is 22.6 Å². The molecule has 1 saturated heterocycles. The summed E-state index contributed by atoms with van der Waals surface area (Å²) in [6.45, 7) is 1.31. The number of anilines is 1. The van der Waals surface area contributed by atoms with Gasteiger partial charge >= 0.3 is 0 Å². The molecule has 0 radical (unpaired) electrons. The van der Waals surface area contributed by atoms with Crippen LogP contribution in [0.1, 0.15) is 12.8 Å². The zero-order valence-corrected chi connectivity index (χ0v) is 12.8. The van der Waals surface area contributed by atoms with Crippen LogP contribution in [0.5, 0.6) is 5.88 Å². The molecule has 0 atom stereocenters. The third kappa shape index (κ3) is 2.81. The first kappa shape index (κ1) is 15.2. The molecule has 2 aromatic heterocycles. The number of fused-ring (bicyclic) bond motifs is 1. The minimum atomic E-state index is -1.00. The van der Waals surface area contributed by atoms with Crippen molar-refractivity contribution in [2.24, 2.45) is 5.41 Å². The number of carbonyl (C=O) groups is 1. The van der Waals surface area contributed by atoms with Crippen molar-refractivity contribution in [1.82, 2.24) is 15.3 Å². The first-order chi connectivity index (χ1) is 11.2. The normalized spacial score (nSPS) is 16.5. The lowest BCUT2D eigenvalue weighted by atomic mass is 9.79. The zero-order valence-electron chi connectivity index (χ0n) is 12.8. The van der Waals surface area contributed by atoms with Crippen molar-refractivity contribution in [3.8, 4) is 11.9 Å². The van der Waals surface area contributed by atoms with Gasteiger partial charge in [0.2, 0.25) is 11.8 Å². The van der Waals surface area contributed by atoms with E-state index in [0.717, 1.165) is 0 Å². The van der Waals surface area contributed by atoms with Crippen molar-refractivity contribution < 1.29 is 9.53 Å². The molecule has 0 bridgehead atoms. The summed E-state index contributed by atoms with van der Waals surface area (Å²) < 4.78 is 5.13. The van der Waals surface area contributed by atoms with Crippen molar-refractivity contribution in [3.63, 3.8) is 0 Å². The van der Waals surface area contributed by atoms with E-state index in [4.69, 9.17) is 4.74 Å². The van der Waals surface area contributed by atoms with Crippen molar-refractivity contribution in [3.05, 3.63) is 24.4 Å². The first-order valence-electron chi connectivity index (χ1n) is 7.42. The minimum absolute atomic E-state index is 0.293. The van der Waals surface area contributed by atoms with Crippen LogP contribution in [0.4, 0.5) is 5.69 Å². The molecule has 1 amide bonds. The van der Waals surface area contributed by atoms with Crippen molar-refractivity contribution in [1.29, 1.82) is 5.26 Å². The van der Waals surface area contributed by atoms with Gasteiger partial charge in [0.05, 0.1) is 24.4 Å². The topological polar surface area (TPSA) is 99.9 Å². The molecule has 1 fully saturated rings. The van der Waals surface area contributed by atoms with E-state index in [1.807, 2.05) is 0 Å². The number of nitrogens with zero attached hydrogens (tertiary/aromatic N) is 3. The highest BCUT2D eigenvalue weighted by Gasteiger charge is 2.40. The molecule has 0 aliphatic carbocycles. The minimum Gasteiger partial charge on any atom is -0.481 e. The summed E-state index contributed by atoms with van der Waals surface area (Å²) in [5.41, 5.74) is 0.730. The van der Waals surface area contributed by atoms with Gasteiger partial charge < -0.3 is 15.4 Å². The Hall–Kier alpha value is -2.72. The molecule has 1 aliphatic heterocycles. The van der Waals surface area contributed by atoms with Crippen LogP contribution in [0, 0.1) is 16.7 Å². The number of nitrogens with one attached hydrogen (secondary N) is 2. The maximum Gasteiger partial charge on any atom is 0.245 e. The van der Waals surface area contributed by atoms with Gasteiger partial charge in [-0.1, -0.05) is 0 Å². The Morgan fingerprint density at radius 3 is 2.87 bits per heavy atom. The highest BCUT2D eigenvalue weighted by molar-refractivity contribution is 6.02. The number of amides is 1. The Bertz CT molecular complexity index is 778. The Labute approximate surface area is 133 Å². The summed E-state index contributed by atoms with van der Waals surface area (Å²) in [7, 11) is 1.53. The van der Waals surface area contributed by atoms with Crippen LogP contribution in [0.25, 0.3) is 11.0 Å². The number of methoxy groups -OCH3 is 1. The highest BCUT2D eigenvalue weighted by atomic mass is 16.5. The smallest absolute Gasteiger partial charge is 0.245 e. The molecule has 7 nitrogen and oxygen atoms in total. The van der Waals surface area contributed by atoms with Gasteiger partial charge in [-0.2, -0.15) is 5.26 Å². The quantitative estimate of drug-likeness (QED) is 0.890. The van der Waals surface area contributed by atoms with Gasteiger partial charge in [0.15, 0.2) is 0 Å². The number of piperidine rings is 1. The summed E-state index contributed by atoms with van der Waals surface area (Å²) >= 11 is 0. The van der Waals surface area contributed by atoms with E-state index in [1.54, 1.807) is 24.4 Å². The molecule has 7 heteroatoms. The van der Waals surface area contributed by atoms with E-state index in [1.165, 1.54) is 7.11 Å². The monoisotopic (exact) mass is 311 g/mol. The fraction of sp³-hybridized carbons (Fsp3) is 0.375. The molecule has 3 heterocycles. The third-order valence-electron chi connectivity index (χ3n) is 4.12. The number of rotatable bonds is 3. The Kier molecular flexibility index (Phi) is 4.08. The van der Waals surface area contributed by atoms with Crippen LogP contribution in [0.3, 0.4) is 0 Å². The van der Waals surface area contributed by atoms with Gasteiger partial charge in [-0.05, 0) is 38.1 Å². The summed E-state index contributed by atoms with van der Waals surface area (Å²) in [5, 5.41) is 15.5. The average Bonchev–Trinajstić information content (AvgIpc) is 2.62. The molecular formula is C16H17N5O2. The summed E-state index contributed by atoms with van der Waals surface area (Å²) in [6, 6.07) is 7.37. The maximum atomic E-state index is 12.7. The molecular weight excluding hydrogens is 294 g/mol. The lowest BCUT2D eigenvalue weighted by Gasteiger charge is -2.29. The average molecular weight is 311 g/mol. The second-order valence-corrected chi connectivity index (χ2v) is 5.48. The first-order valence-corrected chi connectivity index (χ1v) is 7.42. The van der Waals surface area contributed by atoms with E-state index in [9.17, 15) is 10.1 Å². The van der Waals surface area contributed by atoms with Crippen LogP contribution >= 0.6 is 0 Å². The van der Waals surface area contributed by atoms with Crippen LogP contribution in [0.2, 0.25) is 0 Å². The summed E-state index contributed by atoms with van der Waals surface area (Å²) in [5.74, 6) is 0.150. The van der Waals surface area contributed by atoms with Crippen LogP contribution in [-0.4, -0.2) is 36.1 Å². The number of hydrogen-bond donors (Lipinski definition) is 2. The van der Waals surface area contributed by atoms with Crippen molar-refractivity contribution in [2.45, 2.75) is 12.8 Å². The molecule has 0 spiro atoms. The van der Waals surface area contributed by atoms with Crippen LogP contribution in [0.15, 0.2) is 24.4 Å². The van der Waals surface area contributed by atoms with Gasteiger partial charge in [0.1, 0.15) is 10.9 Å². The molecule has 0 unspecified atom stereocenters. The lowest BCUT2D eigenvalue weighted by molar-refractivity contribution is -0.123. The van der Waals surface area contributed by atoms with Gasteiger partial charge in [0, 0.05) is 12.3 Å². The number of hydrogen-bond acceptors (Lipinski definition) is 6. The molecule has 3 rings (SSSR count). The summed E-state index contributed by atoms with van der Waals surface area (Å²) in [6.07, 6.45) is 2.60. The van der Waals surface area contributed by atoms with Gasteiger partial charge in [-0.3, -0.25) is 9.78 Å². The second-order valence-electron chi connectivity index (χ2n) is 5.48. The van der Waals surface area contributed by atoms with E-state index in [0.29, 0.717) is 48.5 Å². The molecule has 1 aliphatic rings. The van der Waals surface area contributed by atoms with Crippen molar-refractivity contribution in [2.75, 3.05) is 25.5 Å². The third-order valence-corrected chi connectivity index (χ3v) is 4.12. The predicted octanol–water partition coefficient (Wildman–Crippen LogP) is 1.47. The molecule has 0 aromatic carbocycles. The Morgan fingerprint density at radius 1 is 1.39 bits per heavy atom. The van der Waals surface area contributed by atoms with Crippen LogP contribution < -0.4 is 15.4 Å². The molecule has 0 saturated carbocycles. The van der Waals surface area contributed by atoms with Gasteiger partial charge in [-0.15, -0.1) is 0 Å². The lowest BCUT2D eigenvalue weighted by Crippen LogP contribution is -2.44. The summed E-state index contributed by atoms with van der Waals surface area (Å²) in [4.78, 5) is 21.3. The molecule has 2 aromatic rings. The number of nitriles is 1. The largest absolute Gasteiger partial charge is 0.481 e. The van der Waals surface area contributed by atoms with E-state index < -0.39 is 5.41 Å². The van der Waals surface area contributed by atoms with E-state index in [-0.39, 0.29) is 5.91 Å². The molecule has 23 heavy (non-hydrogen) atoms. The van der Waals surface area contributed by atoms with Gasteiger partial charge in [-0.25, -0.2) is 4.98 Å². The maximum absolute atomic E-state index is 12.7. The number of aromatic nitrogens is 2. The second kappa shape index (κ2) is 6.18. The molecule has 2 N–H and O–H groups in total. The van der Waals surface area contributed by atoms with E-state index in [2.05, 4.69) is 26.7 Å².